The molecular weight excluding hydrogens is 226 g/mol. The maximum atomic E-state index is 12.0. The maximum absolute atomic E-state index is 12.0. The van der Waals surface area contributed by atoms with Crippen molar-refractivity contribution in [1.29, 1.82) is 0 Å². The van der Waals surface area contributed by atoms with Gasteiger partial charge in [-0.15, -0.1) is 0 Å². The van der Waals surface area contributed by atoms with Crippen molar-refractivity contribution in [3.05, 3.63) is 0 Å². The third-order valence-corrected chi connectivity index (χ3v) is 4.59. The van der Waals surface area contributed by atoms with Crippen LogP contribution in [0.2, 0.25) is 0 Å². The van der Waals surface area contributed by atoms with Crippen molar-refractivity contribution in [3.63, 3.8) is 0 Å². The van der Waals surface area contributed by atoms with Gasteiger partial charge in [0.15, 0.2) is 0 Å². The monoisotopic (exact) mass is 249 g/mol. The van der Waals surface area contributed by atoms with Gasteiger partial charge in [0.05, 0.1) is 0 Å². The predicted molar refractivity (Wildman–Crippen MR) is 65.2 cm³/mol. The lowest BCUT2D eigenvalue weighted by atomic mass is 10.00. The molecule has 0 aromatic carbocycles. The highest BCUT2D eigenvalue weighted by atomic mass is 32.2. The van der Waals surface area contributed by atoms with Crippen LogP contribution in [0.25, 0.3) is 0 Å². The zero-order valence-electron chi connectivity index (χ0n) is 10.1. The standard InChI is InChI=1S/C10H23N3O2S/c1-3-7-12-16(14,15)13-8-5-4-6-10(13)9(2)11/h9-10,12H,3-8,11H2,1-2H3. The lowest BCUT2D eigenvalue weighted by Gasteiger charge is -2.36. The first kappa shape index (κ1) is 13.9. The second-order valence-electron chi connectivity index (χ2n) is 4.43. The molecule has 0 aliphatic carbocycles. The fraction of sp³-hybridized carbons (Fsp3) is 1.00. The second kappa shape index (κ2) is 5.95. The topological polar surface area (TPSA) is 75.4 Å². The highest BCUT2D eigenvalue weighted by molar-refractivity contribution is 7.87. The Labute approximate surface area is 98.6 Å². The van der Waals surface area contributed by atoms with E-state index in [0.29, 0.717) is 13.1 Å². The van der Waals surface area contributed by atoms with Crippen LogP contribution in [-0.4, -0.2) is 37.9 Å². The first-order valence-electron chi connectivity index (χ1n) is 6.01. The molecule has 1 aliphatic heterocycles. The maximum Gasteiger partial charge on any atom is 0.279 e. The zero-order valence-corrected chi connectivity index (χ0v) is 11.0. The number of rotatable bonds is 5. The number of hydrogen-bond donors (Lipinski definition) is 2. The Balaban J connectivity index is 2.74. The van der Waals surface area contributed by atoms with E-state index in [1.165, 1.54) is 4.31 Å². The fourth-order valence-electron chi connectivity index (χ4n) is 2.07. The molecule has 3 N–H and O–H groups in total. The summed E-state index contributed by atoms with van der Waals surface area (Å²) in [5.41, 5.74) is 5.85. The van der Waals surface area contributed by atoms with Gasteiger partial charge in [0, 0.05) is 25.2 Å². The highest BCUT2D eigenvalue weighted by Crippen LogP contribution is 2.21. The van der Waals surface area contributed by atoms with Crippen LogP contribution in [0.5, 0.6) is 0 Å². The molecule has 0 bridgehead atoms. The quantitative estimate of drug-likeness (QED) is 0.742. The predicted octanol–water partition coefficient (Wildman–Crippen LogP) is 0.433. The van der Waals surface area contributed by atoms with Crippen LogP contribution >= 0.6 is 0 Å². The smallest absolute Gasteiger partial charge is 0.279 e. The van der Waals surface area contributed by atoms with E-state index in [1.54, 1.807) is 0 Å². The minimum atomic E-state index is -3.34. The summed E-state index contributed by atoms with van der Waals surface area (Å²) < 4.78 is 28.2. The number of nitrogens with zero attached hydrogens (tertiary/aromatic N) is 1. The molecule has 1 fully saturated rings. The molecule has 0 saturated carbocycles. The first-order chi connectivity index (χ1) is 7.49. The molecule has 1 rings (SSSR count). The Morgan fingerprint density at radius 3 is 2.75 bits per heavy atom. The van der Waals surface area contributed by atoms with Crippen molar-refractivity contribution in [3.8, 4) is 0 Å². The molecule has 0 aromatic heterocycles. The number of nitrogens with one attached hydrogen (secondary N) is 1. The molecule has 0 spiro atoms. The lowest BCUT2D eigenvalue weighted by molar-refractivity contribution is 0.225. The molecule has 0 aromatic rings. The average molecular weight is 249 g/mol. The van der Waals surface area contributed by atoms with Gasteiger partial charge >= 0.3 is 0 Å². The van der Waals surface area contributed by atoms with Crippen LogP contribution in [0.1, 0.15) is 39.5 Å². The minimum absolute atomic E-state index is 0.0527. The van der Waals surface area contributed by atoms with Crippen molar-refractivity contribution in [2.24, 2.45) is 5.73 Å². The molecule has 6 heteroatoms. The molecular formula is C10H23N3O2S. The van der Waals surface area contributed by atoms with E-state index >= 15 is 0 Å². The first-order valence-corrected chi connectivity index (χ1v) is 7.45. The van der Waals surface area contributed by atoms with Crippen LogP contribution in [-0.2, 0) is 10.2 Å². The van der Waals surface area contributed by atoms with Gasteiger partial charge in [0.1, 0.15) is 0 Å². The van der Waals surface area contributed by atoms with Crippen molar-refractivity contribution in [2.45, 2.75) is 51.6 Å². The normalized spacial score (nSPS) is 25.6. The fourth-order valence-corrected chi connectivity index (χ4v) is 3.72. The van der Waals surface area contributed by atoms with E-state index in [9.17, 15) is 8.42 Å². The largest absolute Gasteiger partial charge is 0.326 e. The summed E-state index contributed by atoms with van der Waals surface area (Å²) in [6.45, 7) is 4.90. The van der Waals surface area contributed by atoms with E-state index in [1.807, 2.05) is 13.8 Å². The van der Waals surface area contributed by atoms with E-state index in [2.05, 4.69) is 4.72 Å². The van der Waals surface area contributed by atoms with Gasteiger partial charge in [0.25, 0.3) is 10.2 Å². The van der Waals surface area contributed by atoms with Crippen LogP contribution < -0.4 is 10.5 Å². The highest BCUT2D eigenvalue weighted by Gasteiger charge is 2.33. The molecule has 0 radical (unpaired) electrons. The van der Waals surface area contributed by atoms with E-state index in [4.69, 9.17) is 5.73 Å². The van der Waals surface area contributed by atoms with Gasteiger partial charge in [-0.05, 0) is 26.2 Å². The van der Waals surface area contributed by atoms with Crippen LogP contribution in [0.15, 0.2) is 0 Å². The number of piperidine rings is 1. The van der Waals surface area contributed by atoms with Crippen LogP contribution in [0.4, 0.5) is 0 Å². The summed E-state index contributed by atoms with van der Waals surface area (Å²) in [5, 5.41) is 0. The molecule has 2 atom stereocenters. The van der Waals surface area contributed by atoms with Crippen molar-refractivity contribution in [1.82, 2.24) is 9.03 Å². The minimum Gasteiger partial charge on any atom is -0.326 e. The molecule has 96 valence electrons. The van der Waals surface area contributed by atoms with Crippen molar-refractivity contribution >= 4 is 10.2 Å². The zero-order chi connectivity index (χ0) is 12.2. The van der Waals surface area contributed by atoms with Gasteiger partial charge in [-0.3, -0.25) is 0 Å². The molecule has 1 aliphatic rings. The Kier molecular flexibility index (Phi) is 5.17. The molecule has 5 nitrogen and oxygen atoms in total. The Bertz CT molecular complexity index is 303. The molecule has 1 heterocycles. The molecule has 1 saturated heterocycles. The molecule has 0 amide bonds. The lowest BCUT2D eigenvalue weighted by Crippen LogP contribution is -2.54. The summed E-state index contributed by atoms with van der Waals surface area (Å²) in [6.07, 6.45) is 3.66. The van der Waals surface area contributed by atoms with E-state index in [0.717, 1.165) is 25.7 Å². The summed E-state index contributed by atoms with van der Waals surface area (Å²) >= 11 is 0. The molecule has 2 unspecified atom stereocenters. The number of nitrogens with two attached hydrogens (primary N) is 1. The Morgan fingerprint density at radius 1 is 1.50 bits per heavy atom. The van der Waals surface area contributed by atoms with Crippen molar-refractivity contribution < 1.29 is 8.42 Å². The SMILES string of the molecule is CCCNS(=O)(=O)N1CCCCC1C(C)N. The van der Waals surface area contributed by atoms with E-state index in [-0.39, 0.29) is 12.1 Å². The number of hydrogen-bond acceptors (Lipinski definition) is 3. The summed E-state index contributed by atoms with van der Waals surface area (Å²) in [6, 6.07) is -0.165. The van der Waals surface area contributed by atoms with Crippen LogP contribution in [0.3, 0.4) is 0 Å². The van der Waals surface area contributed by atoms with Gasteiger partial charge in [-0.1, -0.05) is 13.3 Å². The van der Waals surface area contributed by atoms with Gasteiger partial charge < -0.3 is 5.73 Å². The van der Waals surface area contributed by atoms with Crippen molar-refractivity contribution in [2.75, 3.05) is 13.1 Å². The van der Waals surface area contributed by atoms with Gasteiger partial charge in [-0.25, -0.2) is 4.72 Å². The van der Waals surface area contributed by atoms with E-state index < -0.39 is 10.2 Å². The summed E-state index contributed by atoms with van der Waals surface area (Å²) in [4.78, 5) is 0. The summed E-state index contributed by atoms with van der Waals surface area (Å²) in [5.74, 6) is 0. The second-order valence-corrected chi connectivity index (χ2v) is 6.14. The molecule has 16 heavy (non-hydrogen) atoms. The van der Waals surface area contributed by atoms with Gasteiger partial charge in [-0.2, -0.15) is 12.7 Å². The average Bonchev–Trinajstić information content (AvgIpc) is 2.26. The van der Waals surface area contributed by atoms with Gasteiger partial charge in [0.2, 0.25) is 0 Å². The third kappa shape index (κ3) is 3.41. The van der Waals surface area contributed by atoms with Crippen LogP contribution in [0, 0.1) is 0 Å². The Hall–Kier alpha value is -0.170. The third-order valence-electron chi connectivity index (χ3n) is 2.95. The summed E-state index contributed by atoms with van der Waals surface area (Å²) in [7, 11) is -3.34. The Morgan fingerprint density at radius 2 is 2.19 bits per heavy atom.